The van der Waals surface area contributed by atoms with Gasteiger partial charge in [-0.15, -0.1) is 0 Å². The summed E-state index contributed by atoms with van der Waals surface area (Å²) < 4.78 is 0. The van der Waals surface area contributed by atoms with Gasteiger partial charge in [0, 0.05) is 32.7 Å². The first-order chi connectivity index (χ1) is 5.84. The molecule has 0 aromatic heterocycles. The number of nitrogens with zero attached hydrogens (tertiary/aromatic N) is 1. The molecule has 13 heavy (non-hydrogen) atoms. The van der Waals surface area contributed by atoms with Crippen LogP contribution in [0.5, 0.6) is 0 Å². The van der Waals surface area contributed by atoms with E-state index in [1.807, 2.05) is 4.81 Å². The van der Waals surface area contributed by atoms with Gasteiger partial charge in [-0.05, 0) is 31.8 Å². The van der Waals surface area contributed by atoms with Gasteiger partial charge in [0.05, 0.1) is 0 Å². The molecule has 3 heteroatoms. The Balaban J connectivity index is 0.00000144. The third-order valence-electron chi connectivity index (χ3n) is 2.71. The van der Waals surface area contributed by atoms with Crippen LogP contribution in [-0.4, -0.2) is 25.4 Å². The van der Waals surface area contributed by atoms with Crippen molar-refractivity contribution in [2.24, 2.45) is 0 Å². The van der Waals surface area contributed by atoms with Crippen molar-refractivity contribution in [2.45, 2.75) is 51.0 Å². The van der Waals surface area contributed by atoms with Gasteiger partial charge in [-0.25, -0.2) is 0 Å². The molecular formula is C10H19BNY-. The molecule has 1 saturated heterocycles. The van der Waals surface area contributed by atoms with Gasteiger partial charge in [-0.1, -0.05) is 19.3 Å². The number of hydrogen-bond donors (Lipinski definition) is 0. The van der Waals surface area contributed by atoms with Gasteiger partial charge in [0.25, 0.3) is 0 Å². The fraction of sp³-hybridized carbons (Fsp3) is 0.900. The third-order valence-corrected chi connectivity index (χ3v) is 2.71. The van der Waals surface area contributed by atoms with Gasteiger partial charge in [-0.2, -0.15) is 6.42 Å². The second kappa shape index (κ2) is 8.44. The van der Waals surface area contributed by atoms with E-state index >= 15 is 0 Å². The fourth-order valence-electron chi connectivity index (χ4n) is 1.90. The van der Waals surface area contributed by atoms with Crippen LogP contribution in [0.25, 0.3) is 0 Å². The Bertz CT molecular complexity index is 121. The van der Waals surface area contributed by atoms with Gasteiger partial charge < -0.3 is 11.7 Å². The number of hydrogen-bond acceptors (Lipinski definition) is 1. The minimum Gasteiger partial charge on any atom is -0.351 e. The minimum absolute atomic E-state index is 0. The number of unbranched alkanes of at least 4 members (excludes halogenated alkanes) is 3. The Hall–Kier alpha value is 1.13. The SMILES string of the molecule is [B]N1CCCC1CCCCC[CH2-].[Y]. The minimum atomic E-state index is 0. The molecule has 1 nitrogen and oxygen atoms in total. The van der Waals surface area contributed by atoms with Gasteiger partial charge in [0.1, 0.15) is 0 Å². The van der Waals surface area contributed by atoms with Gasteiger partial charge in [0.2, 0.25) is 0 Å². The van der Waals surface area contributed by atoms with Crippen molar-refractivity contribution in [3.63, 3.8) is 0 Å². The zero-order valence-electron chi connectivity index (χ0n) is 8.54. The summed E-state index contributed by atoms with van der Waals surface area (Å²) in [5.74, 6) is 0. The summed E-state index contributed by atoms with van der Waals surface area (Å²) in [4.78, 5) is 2.02. The molecule has 1 heterocycles. The predicted molar refractivity (Wildman–Crippen MR) is 53.9 cm³/mol. The average Bonchev–Trinajstić information content (AvgIpc) is 2.46. The Kier molecular flexibility index (Phi) is 9.17. The van der Waals surface area contributed by atoms with Crippen molar-refractivity contribution in [3.05, 3.63) is 6.92 Å². The van der Waals surface area contributed by atoms with Crippen LogP contribution < -0.4 is 0 Å². The van der Waals surface area contributed by atoms with E-state index in [1.54, 1.807) is 0 Å². The van der Waals surface area contributed by atoms with Crippen LogP contribution in [0.2, 0.25) is 0 Å². The summed E-state index contributed by atoms with van der Waals surface area (Å²) in [5, 5.41) is 0. The summed E-state index contributed by atoms with van der Waals surface area (Å²) in [6.45, 7) is 4.93. The molecule has 0 aromatic rings. The molecule has 0 amide bonds. The van der Waals surface area contributed by atoms with E-state index in [1.165, 1.54) is 38.5 Å². The third kappa shape index (κ3) is 5.54. The molecule has 0 spiro atoms. The van der Waals surface area contributed by atoms with E-state index in [-0.39, 0.29) is 32.7 Å². The normalized spacial score (nSPS) is 23.0. The second-order valence-corrected chi connectivity index (χ2v) is 3.74. The van der Waals surface area contributed by atoms with Gasteiger partial charge in [-0.3, -0.25) is 0 Å². The van der Waals surface area contributed by atoms with Crippen LogP contribution in [-0.2, 0) is 32.7 Å². The Morgan fingerprint density at radius 2 is 2.08 bits per heavy atom. The van der Waals surface area contributed by atoms with Crippen molar-refractivity contribution in [2.75, 3.05) is 6.54 Å². The molecule has 71 valence electrons. The molecule has 1 aliphatic rings. The summed E-state index contributed by atoms with van der Waals surface area (Å²) in [7, 11) is 5.81. The number of rotatable bonds is 5. The fourth-order valence-corrected chi connectivity index (χ4v) is 1.90. The summed E-state index contributed by atoms with van der Waals surface area (Å²) in [6, 6.07) is 0.676. The first-order valence-corrected chi connectivity index (χ1v) is 5.15. The molecule has 1 unspecified atom stereocenters. The molecule has 3 radical (unpaired) electrons. The van der Waals surface area contributed by atoms with E-state index in [0.717, 1.165) is 13.0 Å². The van der Waals surface area contributed by atoms with Crippen LogP contribution in [0.15, 0.2) is 0 Å². The topological polar surface area (TPSA) is 3.24 Å². The summed E-state index contributed by atoms with van der Waals surface area (Å²) in [5.41, 5.74) is 0. The van der Waals surface area contributed by atoms with Crippen LogP contribution in [0, 0.1) is 6.92 Å². The molecule has 1 rings (SSSR count). The second-order valence-electron chi connectivity index (χ2n) is 3.74. The molecule has 1 aliphatic heterocycles. The van der Waals surface area contributed by atoms with E-state index in [0.29, 0.717) is 6.04 Å². The van der Waals surface area contributed by atoms with E-state index in [4.69, 9.17) is 7.98 Å². The van der Waals surface area contributed by atoms with Crippen molar-refractivity contribution in [1.29, 1.82) is 0 Å². The average molecular weight is 253 g/mol. The van der Waals surface area contributed by atoms with Crippen LogP contribution in [0.3, 0.4) is 0 Å². The van der Waals surface area contributed by atoms with Gasteiger partial charge in [0.15, 0.2) is 7.98 Å². The zero-order valence-corrected chi connectivity index (χ0v) is 11.4. The Labute approximate surface area is 109 Å². The van der Waals surface area contributed by atoms with Crippen molar-refractivity contribution >= 4 is 7.98 Å². The van der Waals surface area contributed by atoms with Crippen molar-refractivity contribution in [1.82, 2.24) is 4.81 Å². The van der Waals surface area contributed by atoms with Crippen LogP contribution in [0.1, 0.15) is 44.9 Å². The smallest absolute Gasteiger partial charge is 0.182 e. The zero-order chi connectivity index (χ0) is 8.81. The molecular weight excluding hydrogens is 234 g/mol. The van der Waals surface area contributed by atoms with Gasteiger partial charge >= 0.3 is 0 Å². The predicted octanol–water partition coefficient (Wildman–Crippen LogP) is 2.32. The summed E-state index contributed by atoms with van der Waals surface area (Å²) >= 11 is 0. The van der Waals surface area contributed by atoms with Crippen LogP contribution >= 0.6 is 0 Å². The monoisotopic (exact) mass is 253 g/mol. The van der Waals surface area contributed by atoms with E-state index in [9.17, 15) is 0 Å². The maximum atomic E-state index is 5.81. The quantitative estimate of drug-likeness (QED) is 0.413. The molecule has 1 fully saturated rings. The van der Waals surface area contributed by atoms with Crippen LogP contribution in [0.4, 0.5) is 0 Å². The molecule has 0 aliphatic carbocycles. The molecule has 0 saturated carbocycles. The van der Waals surface area contributed by atoms with Crippen molar-refractivity contribution < 1.29 is 32.7 Å². The standard InChI is InChI=1S/C10H19BN.Y/c1-2-3-4-5-7-10-8-6-9-12(10)11;/h10H,1-9H2;/q-1;. The first kappa shape index (κ1) is 14.1. The van der Waals surface area contributed by atoms with E-state index in [2.05, 4.69) is 6.92 Å². The Morgan fingerprint density at radius 1 is 1.31 bits per heavy atom. The maximum absolute atomic E-state index is 5.81. The maximum Gasteiger partial charge on any atom is 0.182 e. The molecule has 1 atom stereocenters. The van der Waals surface area contributed by atoms with E-state index < -0.39 is 0 Å². The molecule has 0 aromatic carbocycles. The summed E-state index contributed by atoms with van der Waals surface area (Å²) in [6.07, 6.45) is 8.89. The largest absolute Gasteiger partial charge is 0.351 e. The first-order valence-electron chi connectivity index (χ1n) is 5.15. The molecule has 0 bridgehead atoms. The van der Waals surface area contributed by atoms with Crippen molar-refractivity contribution in [3.8, 4) is 0 Å². The Morgan fingerprint density at radius 3 is 2.62 bits per heavy atom. The molecule has 0 N–H and O–H groups in total.